The molecular formula is C12H8ClFN2. The van der Waals surface area contributed by atoms with Crippen LogP contribution in [0.4, 0.5) is 4.39 Å². The number of nitrogens with one attached hydrogen (secondary N) is 1. The number of benzene rings is 1. The van der Waals surface area contributed by atoms with Crippen molar-refractivity contribution in [3.63, 3.8) is 0 Å². The van der Waals surface area contributed by atoms with Crippen LogP contribution in [-0.4, -0.2) is 9.97 Å². The van der Waals surface area contributed by atoms with Gasteiger partial charge in [0.15, 0.2) is 0 Å². The SMILES string of the molecule is Cc1nc(Cl)cc2c1[nH]c1c(F)cccc12. The summed E-state index contributed by atoms with van der Waals surface area (Å²) in [5, 5.41) is 2.17. The van der Waals surface area contributed by atoms with Gasteiger partial charge in [0.1, 0.15) is 11.0 Å². The zero-order valence-corrected chi connectivity index (χ0v) is 9.27. The molecule has 1 aromatic carbocycles. The minimum Gasteiger partial charge on any atom is -0.351 e. The molecular weight excluding hydrogens is 227 g/mol. The van der Waals surface area contributed by atoms with Crippen LogP contribution < -0.4 is 0 Å². The minimum absolute atomic E-state index is 0.260. The number of nitrogens with zero attached hydrogens (tertiary/aromatic N) is 1. The van der Waals surface area contributed by atoms with Gasteiger partial charge in [-0.15, -0.1) is 0 Å². The van der Waals surface area contributed by atoms with E-state index in [1.54, 1.807) is 12.1 Å². The lowest BCUT2D eigenvalue weighted by Crippen LogP contribution is -1.83. The molecule has 16 heavy (non-hydrogen) atoms. The fraction of sp³-hybridized carbons (Fsp3) is 0.0833. The molecule has 2 heterocycles. The number of rotatable bonds is 0. The van der Waals surface area contributed by atoms with Gasteiger partial charge in [0, 0.05) is 10.8 Å². The summed E-state index contributed by atoms with van der Waals surface area (Å²) in [6.07, 6.45) is 0. The second-order valence-corrected chi connectivity index (χ2v) is 4.13. The molecule has 3 aromatic rings. The van der Waals surface area contributed by atoms with E-state index in [1.165, 1.54) is 6.07 Å². The molecule has 0 amide bonds. The van der Waals surface area contributed by atoms with Crippen LogP contribution in [0.25, 0.3) is 21.8 Å². The van der Waals surface area contributed by atoms with Crippen LogP contribution in [0, 0.1) is 12.7 Å². The minimum atomic E-state index is -0.260. The Morgan fingerprint density at radius 1 is 1.25 bits per heavy atom. The quantitative estimate of drug-likeness (QED) is 0.589. The standard InChI is InChI=1S/C12H8ClFN2/c1-6-11-8(5-10(13)15-6)7-3-2-4-9(14)12(7)16-11/h2-5,16H,1H3. The zero-order valence-electron chi connectivity index (χ0n) is 8.51. The van der Waals surface area contributed by atoms with E-state index in [2.05, 4.69) is 9.97 Å². The first-order chi connectivity index (χ1) is 7.66. The zero-order chi connectivity index (χ0) is 11.3. The summed E-state index contributed by atoms with van der Waals surface area (Å²) in [4.78, 5) is 7.18. The van der Waals surface area contributed by atoms with E-state index in [4.69, 9.17) is 11.6 Å². The molecule has 4 heteroatoms. The lowest BCUT2D eigenvalue weighted by molar-refractivity contribution is 0.637. The number of aryl methyl sites for hydroxylation is 1. The maximum Gasteiger partial charge on any atom is 0.147 e. The van der Waals surface area contributed by atoms with Crippen molar-refractivity contribution in [2.75, 3.05) is 0 Å². The molecule has 80 valence electrons. The molecule has 1 N–H and O–H groups in total. The van der Waals surface area contributed by atoms with E-state index >= 15 is 0 Å². The van der Waals surface area contributed by atoms with Crippen molar-refractivity contribution in [1.29, 1.82) is 0 Å². The summed E-state index contributed by atoms with van der Waals surface area (Å²) in [6.45, 7) is 1.85. The second-order valence-electron chi connectivity index (χ2n) is 3.74. The highest BCUT2D eigenvalue weighted by atomic mass is 35.5. The van der Waals surface area contributed by atoms with Crippen molar-refractivity contribution in [3.05, 3.63) is 40.9 Å². The molecule has 0 aliphatic carbocycles. The topological polar surface area (TPSA) is 28.7 Å². The molecule has 0 aliphatic rings. The van der Waals surface area contributed by atoms with Gasteiger partial charge in [0.25, 0.3) is 0 Å². The fourth-order valence-electron chi connectivity index (χ4n) is 2.01. The first kappa shape index (κ1) is 9.60. The van der Waals surface area contributed by atoms with Crippen LogP contribution in [0.5, 0.6) is 0 Å². The van der Waals surface area contributed by atoms with Crippen LogP contribution in [0.2, 0.25) is 5.15 Å². The number of pyridine rings is 1. The van der Waals surface area contributed by atoms with Gasteiger partial charge in [0.2, 0.25) is 0 Å². The lowest BCUT2D eigenvalue weighted by Gasteiger charge is -1.96. The molecule has 0 saturated heterocycles. The first-order valence-electron chi connectivity index (χ1n) is 4.90. The third kappa shape index (κ3) is 1.21. The van der Waals surface area contributed by atoms with Crippen molar-refractivity contribution >= 4 is 33.4 Å². The van der Waals surface area contributed by atoms with E-state index < -0.39 is 0 Å². The monoisotopic (exact) mass is 234 g/mol. The van der Waals surface area contributed by atoms with Gasteiger partial charge in [-0.2, -0.15) is 0 Å². The van der Waals surface area contributed by atoms with Crippen molar-refractivity contribution in [2.24, 2.45) is 0 Å². The number of aromatic amines is 1. The Balaban J connectivity index is 2.61. The number of fused-ring (bicyclic) bond motifs is 3. The van der Waals surface area contributed by atoms with Gasteiger partial charge >= 0.3 is 0 Å². The van der Waals surface area contributed by atoms with Crippen LogP contribution in [0.15, 0.2) is 24.3 Å². The van der Waals surface area contributed by atoms with Gasteiger partial charge in [0.05, 0.1) is 16.7 Å². The van der Waals surface area contributed by atoms with Gasteiger partial charge in [-0.1, -0.05) is 23.7 Å². The number of hydrogen-bond donors (Lipinski definition) is 1. The Hall–Kier alpha value is -1.61. The van der Waals surface area contributed by atoms with E-state index in [-0.39, 0.29) is 5.82 Å². The molecule has 0 radical (unpaired) electrons. The number of para-hydroxylation sites is 1. The van der Waals surface area contributed by atoms with E-state index in [0.29, 0.717) is 10.7 Å². The summed E-state index contributed by atoms with van der Waals surface area (Å²) in [5.41, 5.74) is 2.12. The second kappa shape index (κ2) is 3.19. The molecule has 0 atom stereocenters. The summed E-state index contributed by atoms with van der Waals surface area (Å²) >= 11 is 5.90. The van der Waals surface area contributed by atoms with E-state index in [1.807, 2.05) is 13.0 Å². The van der Waals surface area contributed by atoms with Gasteiger partial charge in [-0.05, 0) is 19.1 Å². The predicted octanol–water partition coefficient (Wildman–Crippen LogP) is 3.82. The summed E-state index contributed by atoms with van der Waals surface area (Å²) < 4.78 is 13.6. The normalized spacial score (nSPS) is 11.4. The van der Waals surface area contributed by atoms with Crippen LogP contribution in [0.3, 0.4) is 0 Å². The summed E-state index contributed by atoms with van der Waals surface area (Å²) in [7, 11) is 0. The average Bonchev–Trinajstić information content (AvgIpc) is 2.59. The molecule has 0 bridgehead atoms. The Labute approximate surface area is 96.1 Å². The Bertz CT molecular complexity index is 703. The molecule has 0 saturated carbocycles. The van der Waals surface area contributed by atoms with Crippen molar-refractivity contribution in [1.82, 2.24) is 9.97 Å². The Morgan fingerprint density at radius 2 is 2.06 bits per heavy atom. The average molecular weight is 235 g/mol. The smallest absolute Gasteiger partial charge is 0.147 e. The highest BCUT2D eigenvalue weighted by molar-refractivity contribution is 6.30. The van der Waals surface area contributed by atoms with Crippen LogP contribution in [-0.2, 0) is 0 Å². The highest BCUT2D eigenvalue weighted by Crippen LogP contribution is 2.29. The predicted molar refractivity (Wildman–Crippen MR) is 63.3 cm³/mol. The molecule has 2 nitrogen and oxygen atoms in total. The molecule has 0 spiro atoms. The number of H-pyrrole nitrogens is 1. The van der Waals surface area contributed by atoms with Gasteiger partial charge in [-0.25, -0.2) is 9.37 Å². The lowest BCUT2D eigenvalue weighted by atomic mass is 10.1. The summed E-state index contributed by atoms with van der Waals surface area (Å²) in [5.74, 6) is -0.260. The third-order valence-corrected chi connectivity index (χ3v) is 2.92. The maximum atomic E-state index is 13.6. The largest absolute Gasteiger partial charge is 0.351 e. The summed E-state index contributed by atoms with van der Waals surface area (Å²) in [6, 6.07) is 6.74. The fourth-order valence-corrected chi connectivity index (χ4v) is 2.24. The molecule has 0 aliphatic heterocycles. The van der Waals surface area contributed by atoms with Gasteiger partial charge < -0.3 is 4.98 Å². The van der Waals surface area contributed by atoms with E-state index in [9.17, 15) is 4.39 Å². The first-order valence-corrected chi connectivity index (χ1v) is 5.27. The third-order valence-electron chi connectivity index (χ3n) is 2.72. The highest BCUT2D eigenvalue weighted by Gasteiger charge is 2.10. The molecule has 2 aromatic heterocycles. The van der Waals surface area contributed by atoms with Crippen molar-refractivity contribution < 1.29 is 4.39 Å². The maximum absolute atomic E-state index is 13.6. The Kier molecular flexibility index (Phi) is 1.91. The number of hydrogen-bond acceptors (Lipinski definition) is 1. The molecule has 3 rings (SSSR count). The van der Waals surface area contributed by atoms with Crippen LogP contribution >= 0.6 is 11.6 Å². The number of aromatic nitrogens is 2. The van der Waals surface area contributed by atoms with Crippen molar-refractivity contribution in [2.45, 2.75) is 6.92 Å². The molecule has 0 unspecified atom stereocenters. The van der Waals surface area contributed by atoms with Crippen molar-refractivity contribution in [3.8, 4) is 0 Å². The molecule has 0 fully saturated rings. The number of halogens is 2. The van der Waals surface area contributed by atoms with Crippen LogP contribution in [0.1, 0.15) is 5.69 Å². The van der Waals surface area contributed by atoms with Gasteiger partial charge in [-0.3, -0.25) is 0 Å². The Morgan fingerprint density at radius 3 is 2.88 bits per heavy atom. The van der Waals surface area contributed by atoms with E-state index in [0.717, 1.165) is 22.0 Å².